The Bertz CT molecular complexity index is 644. The molecule has 1 saturated heterocycles. The molecule has 1 aromatic rings. The van der Waals surface area contributed by atoms with E-state index in [1.54, 1.807) is 13.8 Å². The molecule has 2 N–H and O–H groups in total. The highest BCUT2D eigenvalue weighted by atomic mass is 16.5. The van der Waals surface area contributed by atoms with Crippen molar-refractivity contribution in [3.05, 3.63) is 35.4 Å². The number of imide groups is 1. The molecular weight excluding hydrogens is 308 g/mol. The topological polar surface area (TPSA) is 78.9 Å². The second-order valence-corrected chi connectivity index (χ2v) is 7.04. The summed E-state index contributed by atoms with van der Waals surface area (Å²) in [5.74, 6) is -0.324. The molecule has 2 aliphatic rings. The Labute approximate surface area is 141 Å². The van der Waals surface area contributed by atoms with E-state index in [2.05, 4.69) is 17.4 Å². The van der Waals surface area contributed by atoms with E-state index in [-0.39, 0.29) is 25.2 Å². The van der Waals surface area contributed by atoms with Crippen molar-refractivity contribution in [2.75, 3.05) is 13.2 Å². The summed E-state index contributed by atoms with van der Waals surface area (Å²) < 4.78 is 5.88. The van der Waals surface area contributed by atoms with Gasteiger partial charge in [0.05, 0.1) is 25.4 Å². The zero-order valence-electron chi connectivity index (χ0n) is 14.1. The highest BCUT2D eigenvalue weighted by Crippen LogP contribution is 2.32. The van der Waals surface area contributed by atoms with E-state index in [1.165, 1.54) is 11.1 Å². The number of carbonyl (C=O) groups excluding carboxylic acids is 2. The lowest BCUT2D eigenvalue weighted by Gasteiger charge is -2.27. The molecule has 3 rings (SSSR count). The maximum absolute atomic E-state index is 12.1. The maximum atomic E-state index is 12.1. The number of fused-ring (bicyclic) bond motifs is 1. The number of nitrogens with zero attached hydrogens (tertiary/aromatic N) is 1. The van der Waals surface area contributed by atoms with Crippen LogP contribution in [0, 0.1) is 0 Å². The van der Waals surface area contributed by atoms with Gasteiger partial charge in [-0.15, -0.1) is 0 Å². The van der Waals surface area contributed by atoms with Crippen molar-refractivity contribution < 1.29 is 19.4 Å². The van der Waals surface area contributed by atoms with Crippen molar-refractivity contribution in [2.24, 2.45) is 0 Å². The number of aryl methyl sites for hydroxylation is 1. The number of β-amino-alcohol motifs (C(OH)–C–C–N with tert-alkyl or cyclic N) is 1. The van der Waals surface area contributed by atoms with Gasteiger partial charge in [-0.1, -0.05) is 24.3 Å². The first kappa shape index (κ1) is 16.9. The molecule has 2 atom stereocenters. The van der Waals surface area contributed by atoms with Crippen molar-refractivity contribution in [1.82, 2.24) is 10.2 Å². The molecule has 0 bridgehead atoms. The Morgan fingerprint density at radius 1 is 1.38 bits per heavy atom. The fourth-order valence-electron chi connectivity index (χ4n) is 3.36. The molecule has 6 heteroatoms. The summed E-state index contributed by atoms with van der Waals surface area (Å²) in [6, 6.07) is 7.72. The minimum absolute atomic E-state index is 0.0378. The molecule has 6 nitrogen and oxygen atoms in total. The van der Waals surface area contributed by atoms with E-state index in [9.17, 15) is 14.7 Å². The number of carbonyl (C=O) groups is 2. The van der Waals surface area contributed by atoms with Gasteiger partial charge < -0.3 is 15.2 Å². The van der Waals surface area contributed by atoms with Crippen LogP contribution in [0.3, 0.4) is 0 Å². The van der Waals surface area contributed by atoms with E-state index in [0.29, 0.717) is 0 Å². The van der Waals surface area contributed by atoms with Crippen LogP contribution in [0.1, 0.15) is 43.9 Å². The molecule has 1 aliphatic heterocycles. The van der Waals surface area contributed by atoms with Gasteiger partial charge in [0, 0.05) is 0 Å². The van der Waals surface area contributed by atoms with Crippen molar-refractivity contribution in [2.45, 2.75) is 50.9 Å². The summed E-state index contributed by atoms with van der Waals surface area (Å²) in [5.41, 5.74) is 1.55. The molecule has 24 heavy (non-hydrogen) atoms. The predicted octanol–water partition coefficient (Wildman–Crippen LogP) is 1.77. The molecule has 0 unspecified atom stereocenters. The third kappa shape index (κ3) is 3.30. The number of urea groups is 1. The fraction of sp³-hybridized carbons (Fsp3) is 0.556. The molecule has 1 heterocycles. The first-order valence-corrected chi connectivity index (χ1v) is 8.40. The van der Waals surface area contributed by atoms with Gasteiger partial charge in [-0.2, -0.15) is 0 Å². The highest BCUT2D eigenvalue weighted by molar-refractivity contribution is 6.06. The van der Waals surface area contributed by atoms with Crippen molar-refractivity contribution in [1.29, 1.82) is 0 Å². The number of benzene rings is 1. The lowest BCUT2D eigenvalue weighted by Crippen LogP contribution is -2.42. The normalized spacial score (nSPS) is 23.8. The Morgan fingerprint density at radius 2 is 2.12 bits per heavy atom. The van der Waals surface area contributed by atoms with Crippen LogP contribution >= 0.6 is 0 Å². The van der Waals surface area contributed by atoms with Gasteiger partial charge in [-0.3, -0.25) is 9.69 Å². The number of ether oxygens (including phenoxy) is 1. The van der Waals surface area contributed by atoms with E-state index in [0.717, 1.165) is 24.2 Å². The second kappa shape index (κ2) is 6.53. The summed E-state index contributed by atoms with van der Waals surface area (Å²) in [6.45, 7) is 3.34. The minimum atomic E-state index is -0.917. The zero-order chi connectivity index (χ0) is 17.3. The number of rotatable bonds is 5. The van der Waals surface area contributed by atoms with Gasteiger partial charge in [0.15, 0.2) is 0 Å². The van der Waals surface area contributed by atoms with Crippen LogP contribution in [0.25, 0.3) is 0 Å². The molecule has 0 aromatic heterocycles. The van der Waals surface area contributed by atoms with Crippen LogP contribution in [0.5, 0.6) is 0 Å². The monoisotopic (exact) mass is 332 g/mol. The summed E-state index contributed by atoms with van der Waals surface area (Å²) >= 11 is 0. The van der Waals surface area contributed by atoms with Gasteiger partial charge in [-0.05, 0) is 44.2 Å². The summed E-state index contributed by atoms with van der Waals surface area (Å²) in [5, 5.41) is 12.8. The van der Waals surface area contributed by atoms with Gasteiger partial charge >= 0.3 is 6.03 Å². The first-order valence-electron chi connectivity index (χ1n) is 8.40. The fourth-order valence-corrected chi connectivity index (χ4v) is 3.36. The molecule has 130 valence electrons. The Balaban J connectivity index is 1.56. The summed E-state index contributed by atoms with van der Waals surface area (Å²) in [7, 11) is 0. The Hall–Kier alpha value is -1.92. The van der Waals surface area contributed by atoms with Crippen LogP contribution < -0.4 is 5.32 Å². The maximum Gasteiger partial charge on any atom is 0.325 e. The molecular formula is C18H24N2O4. The number of aliphatic hydroxyl groups is 1. The highest BCUT2D eigenvalue weighted by Gasteiger charge is 2.44. The molecule has 3 amide bonds. The first-order chi connectivity index (χ1) is 11.4. The molecule has 0 spiro atoms. The minimum Gasteiger partial charge on any atom is -0.389 e. The van der Waals surface area contributed by atoms with Gasteiger partial charge in [0.25, 0.3) is 5.91 Å². The van der Waals surface area contributed by atoms with Gasteiger partial charge in [0.1, 0.15) is 5.54 Å². The number of amides is 3. The van der Waals surface area contributed by atoms with Gasteiger partial charge in [0.2, 0.25) is 0 Å². The van der Waals surface area contributed by atoms with E-state index < -0.39 is 17.7 Å². The van der Waals surface area contributed by atoms with Crippen LogP contribution in [0.15, 0.2) is 24.3 Å². The predicted molar refractivity (Wildman–Crippen MR) is 88.4 cm³/mol. The summed E-state index contributed by atoms with van der Waals surface area (Å²) in [4.78, 5) is 25.0. The quantitative estimate of drug-likeness (QED) is 0.806. The SMILES string of the molecule is CC1(C)NC(=O)N(C[C@@H](O)CO[C@H]2CCCc3ccccc32)C1=O. The number of nitrogens with one attached hydrogen (secondary N) is 1. The average molecular weight is 332 g/mol. The molecule has 0 saturated carbocycles. The van der Waals surface area contributed by atoms with Gasteiger partial charge in [-0.25, -0.2) is 4.79 Å². The number of hydrogen-bond donors (Lipinski definition) is 2. The third-order valence-corrected chi connectivity index (χ3v) is 4.64. The van der Waals surface area contributed by atoms with Crippen LogP contribution in [-0.4, -0.2) is 46.7 Å². The van der Waals surface area contributed by atoms with E-state index in [4.69, 9.17) is 4.74 Å². The van der Waals surface area contributed by atoms with Crippen LogP contribution in [-0.2, 0) is 16.0 Å². The van der Waals surface area contributed by atoms with Crippen molar-refractivity contribution in [3.63, 3.8) is 0 Å². The molecule has 0 radical (unpaired) electrons. The average Bonchev–Trinajstić information content (AvgIpc) is 2.74. The lowest BCUT2D eigenvalue weighted by molar-refractivity contribution is -0.131. The lowest BCUT2D eigenvalue weighted by atomic mass is 9.89. The molecule has 1 aliphatic carbocycles. The van der Waals surface area contributed by atoms with Crippen molar-refractivity contribution in [3.8, 4) is 0 Å². The van der Waals surface area contributed by atoms with E-state index in [1.807, 2.05) is 12.1 Å². The number of aliphatic hydroxyl groups excluding tert-OH is 1. The standard InChI is InChI=1S/C18H24N2O4/c1-18(2)16(22)20(17(23)19-18)10-13(21)11-24-15-9-5-7-12-6-3-4-8-14(12)15/h3-4,6,8,13,15,21H,5,7,9-11H2,1-2H3,(H,19,23)/t13-,15+/m1/s1. The smallest absolute Gasteiger partial charge is 0.325 e. The largest absolute Gasteiger partial charge is 0.389 e. The van der Waals surface area contributed by atoms with E-state index >= 15 is 0 Å². The van der Waals surface area contributed by atoms with Crippen molar-refractivity contribution >= 4 is 11.9 Å². The molecule has 1 aromatic carbocycles. The third-order valence-electron chi connectivity index (χ3n) is 4.64. The number of hydrogen-bond acceptors (Lipinski definition) is 4. The van der Waals surface area contributed by atoms with Crippen LogP contribution in [0.2, 0.25) is 0 Å². The van der Waals surface area contributed by atoms with Crippen LogP contribution in [0.4, 0.5) is 4.79 Å². The summed E-state index contributed by atoms with van der Waals surface area (Å²) in [6.07, 6.45) is 2.08. The second-order valence-electron chi connectivity index (χ2n) is 7.04. The Morgan fingerprint density at radius 3 is 2.83 bits per heavy atom. The Kier molecular flexibility index (Phi) is 4.60. The zero-order valence-corrected chi connectivity index (χ0v) is 14.1. The molecule has 1 fully saturated rings.